The molecule has 96 valence electrons. The second kappa shape index (κ2) is 7.53. The maximum atomic E-state index is 10.7. The molecule has 0 radical (unpaired) electrons. The highest BCUT2D eigenvalue weighted by Crippen LogP contribution is 2.05. The zero-order valence-corrected chi connectivity index (χ0v) is 9.33. The van der Waals surface area contributed by atoms with E-state index in [0.29, 0.717) is 0 Å². The number of aliphatic hydroxyl groups excluding tert-OH is 4. The van der Waals surface area contributed by atoms with Gasteiger partial charge >= 0.3 is 0 Å². The Hall–Kier alpha value is -0.730. The van der Waals surface area contributed by atoms with E-state index in [1.807, 2.05) is 0 Å². The van der Waals surface area contributed by atoms with E-state index >= 15 is 0 Å². The van der Waals surface area contributed by atoms with Crippen LogP contribution in [0.15, 0.2) is 0 Å². The summed E-state index contributed by atoms with van der Waals surface area (Å²) in [6, 6.07) is -0.995. The SMILES string of the molecule is CC(=O)N[C@H](CO)C(O)OC(CO)[C@H](C)O. The van der Waals surface area contributed by atoms with Gasteiger partial charge in [0.2, 0.25) is 5.91 Å². The van der Waals surface area contributed by atoms with Crippen molar-refractivity contribution in [2.45, 2.75) is 38.4 Å². The predicted octanol–water partition coefficient (Wildman–Crippen LogP) is -2.44. The second-order valence-electron chi connectivity index (χ2n) is 3.48. The molecule has 0 fully saturated rings. The Bertz CT molecular complexity index is 210. The van der Waals surface area contributed by atoms with Gasteiger partial charge in [0, 0.05) is 6.92 Å². The van der Waals surface area contributed by atoms with Crippen molar-refractivity contribution in [3.8, 4) is 0 Å². The molecule has 0 aliphatic heterocycles. The van der Waals surface area contributed by atoms with Crippen molar-refractivity contribution in [2.24, 2.45) is 0 Å². The van der Waals surface area contributed by atoms with Crippen LogP contribution >= 0.6 is 0 Å². The topological polar surface area (TPSA) is 119 Å². The number of amides is 1. The average molecular weight is 237 g/mol. The molecule has 5 N–H and O–H groups in total. The summed E-state index contributed by atoms with van der Waals surface area (Å²) in [5.74, 6) is -0.431. The van der Waals surface area contributed by atoms with Crippen molar-refractivity contribution in [1.29, 1.82) is 0 Å². The molecule has 7 heteroatoms. The van der Waals surface area contributed by atoms with E-state index in [2.05, 4.69) is 5.32 Å². The van der Waals surface area contributed by atoms with Gasteiger partial charge in [-0.2, -0.15) is 0 Å². The summed E-state index contributed by atoms with van der Waals surface area (Å²) < 4.78 is 4.90. The van der Waals surface area contributed by atoms with Gasteiger partial charge in [0.25, 0.3) is 0 Å². The van der Waals surface area contributed by atoms with Crippen molar-refractivity contribution >= 4 is 5.91 Å². The van der Waals surface area contributed by atoms with Crippen LogP contribution in [-0.4, -0.2) is 64.1 Å². The third-order valence-corrected chi connectivity index (χ3v) is 1.96. The van der Waals surface area contributed by atoms with Crippen LogP contribution in [0.5, 0.6) is 0 Å². The molecule has 0 aliphatic carbocycles. The lowest BCUT2D eigenvalue weighted by molar-refractivity contribution is -0.190. The van der Waals surface area contributed by atoms with Crippen molar-refractivity contribution in [3.05, 3.63) is 0 Å². The molecule has 0 aromatic carbocycles. The summed E-state index contributed by atoms with van der Waals surface area (Å²) >= 11 is 0. The Labute approximate surface area is 93.7 Å². The van der Waals surface area contributed by atoms with Crippen LogP contribution < -0.4 is 5.32 Å². The van der Waals surface area contributed by atoms with Gasteiger partial charge in [0.05, 0.1) is 19.3 Å². The number of aliphatic hydroxyl groups is 4. The number of carbonyl (C=O) groups excluding carboxylic acids is 1. The van der Waals surface area contributed by atoms with Crippen LogP contribution in [0.4, 0.5) is 0 Å². The first-order valence-electron chi connectivity index (χ1n) is 4.92. The number of nitrogens with one attached hydrogen (secondary N) is 1. The number of hydrogen-bond acceptors (Lipinski definition) is 6. The van der Waals surface area contributed by atoms with Gasteiger partial charge in [-0.05, 0) is 6.92 Å². The standard InChI is InChI=1S/C9H19NO6/c1-5(13)8(4-12)16-9(15)7(3-11)10-6(2)14/h5,7-9,11-13,15H,3-4H2,1-2H3,(H,10,14)/t5-,7+,8?,9?/m0/s1. The summed E-state index contributed by atoms with van der Waals surface area (Å²) in [7, 11) is 0. The van der Waals surface area contributed by atoms with Crippen molar-refractivity contribution < 1.29 is 30.0 Å². The van der Waals surface area contributed by atoms with Crippen LogP contribution in [0.2, 0.25) is 0 Å². The number of hydrogen-bond donors (Lipinski definition) is 5. The van der Waals surface area contributed by atoms with Crippen molar-refractivity contribution in [2.75, 3.05) is 13.2 Å². The lowest BCUT2D eigenvalue weighted by atomic mass is 10.2. The first-order valence-corrected chi connectivity index (χ1v) is 4.92. The Kier molecular flexibility index (Phi) is 7.18. The highest BCUT2D eigenvalue weighted by atomic mass is 16.6. The molecule has 0 aliphatic rings. The van der Waals surface area contributed by atoms with E-state index in [-0.39, 0.29) is 0 Å². The second-order valence-corrected chi connectivity index (χ2v) is 3.48. The quantitative estimate of drug-likeness (QED) is 0.314. The van der Waals surface area contributed by atoms with Crippen LogP contribution in [0.25, 0.3) is 0 Å². The van der Waals surface area contributed by atoms with Gasteiger partial charge < -0.3 is 30.5 Å². The van der Waals surface area contributed by atoms with Crippen molar-refractivity contribution in [3.63, 3.8) is 0 Å². The summed E-state index contributed by atoms with van der Waals surface area (Å²) in [6.07, 6.45) is -3.45. The minimum atomic E-state index is -1.50. The largest absolute Gasteiger partial charge is 0.394 e. The molecule has 2 unspecified atom stereocenters. The summed E-state index contributed by atoms with van der Waals surface area (Å²) in [4.78, 5) is 10.7. The van der Waals surface area contributed by atoms with Gasteiger partial charge in [-0.15, -0.1) is 0 Å². The summed E-state index contributed by atoms with van der Waals surface area (Å²) in [6.45, 7) is 1.62. The van der Waals surface area contributed by atoms with Crippen LogP contribution in [0, 0.1) is 0 Å². The molecule has 1 amide bonds. The Morgan fingerprint density at radius 2 is 1.88 bits per heavy atom. The van der Waals surface area contributed by atoms with E-state index in [1.54, 1.807) is 0 Å². The molecule has 4 atom stereocenters. The molecule has 0 rings (SSSR count). The maximum absolute atomic E-state index is 10.7. The first-order chi connectivity index (χ1) is 7.42. The van der Waals surface area contributed by atoms with E-state index < -0.39 is 43.7 Å². The molecule has 0 saturated heterocycles. The number of rotatable bonds is 7. The fraction of sp³-hybridized carbons (Fsp3) is 0.889. The molecular formula is C9H19NO6. The maximum Gasteiger partial charge on any atom is 0.217 e. The predicted molar refractivity (Wildman–Crippen MR) is 54.3 cm³/mol. The van der Waals surface area contributed by atoms with E-state index in [4.69, 9.17) is 20.1 Å². The molecule has 7 nitrogen and oxygen atoms in total. The summed E-state index contributed by atoms with van der Waals surface area (Å²) in [5.41, 5.74) is 0. The van der Waals surface area contributed by atoms with E-state index in [9.17, 15) is 9.90 Å². The molecular weight excluding hydrogens is 218 g/mol. The Morgan fingerprint density at radius 3 is 2.19 bits per heavy atom. The summed E-state index contributed by atoms with van der Waals surface area (Å²) in [5, 5.41) is 38.6. The normalized spacial score (nSPS) is 18.6. The van der Waals surface area contributed by atoms with Gasteiger partial charge in [-0.3, -0.25) is 4.79 Å². The molecule has 0 bridgehead atoms. The molecule has 0 spiro atoms. The first kappa shape index (κ1) is 15.3. The third kappa shape index (κ3) is 5.38. The molecule has 0 aromatic heterocycles. The van der Waals surface area contributed by atoms with Gasteiger partial charge in [0.15, 0.2) is 6.29 Å². The van der Waals surface area contributed by atoms with Crippen molar-refractivity contribution in [1.82, 2.24) is 5.32 Å². The van der Waals surface area contributed by atoms with Crippen LogP contribution in [0.1, 0.15) is 13.8 Å². The molecule has 0 aromatic rings. The van der Waals surface area contributed by atoms with Gasteiger partial charge in [-0.1, -0.05) is 0 Å². The minimum Gasteiger partial charge on any atom is -0.394 e. The lowest BCUT2D eigenvalue weighted by Gasteiger charge is -2.27. The molecule has 0 heterocycles. The Balaban J connectivity index is 4.28. The smallest absolute Gasteiger partial charge is 0.217 e. The average Bonchev–Trinajstić information content (AvgIpc) is 2.21. The minimum absolute atomic E-state index is 0.431. The molecule has 16 heavy (non-hydrogen) atoms. The highest BCUT2D eigenvalue weighted by Gasteiger charge is 2.25. The number of ether oxygens (including phenoxy) is 1. The monoisotopic (exact) mass is 237 g/mol. The van der Waals surface area contributed by atoms with Crippen LogP contribution in [0.3, 0.4) is 0 Å². The zero-order chi connectivity index (χ0) is 12.7. The Morgan fingerprint density at radius 1 is 1.31 bits per heavy atom. The highest BCUT2D eigenvalue weighted by molar-refractivity contribution is 5.73. The fourth-order valence-electron chi connectivity index (χ4n) is 1.05. The van der Waals surface area contributed by atoms with Crippen LogP contribution in [-0.2, 0) is 9.53 Å². The molecule has 0 saturated carbocycles. The van der Waals surface area contributed by atoms with E-state index in [1.165, 1.54) is 13.8 Å². The zero-order valence-electron chi connectivity index (χ0n) is 9.33. The van der Waals surface area contributed by atoms with Gasteiger partial charge in [0.1, 0.15) is 12.1 Å². The number of carbonyl (C=O) groups is 1. The lowest BCUT2D eigenvalue weighted by Crippen LogP contribution is -2.49. The fourth-order valence-corrected chi connectivity index (χ4v) is 1.05. The van der Waals surface area contributed by atoms with E-state index in [0.717, 1.165) is 0 Å². The van der Waals surface area contributed by atoms with Gasteiger partial charge in [-0.25, -0.2) is 0 Å². The third-order valence-electron chi connectivity index (χ3n) is 1.96.